The fourth-order valence-electron chi connectivity index (χ4n) is 6.20. The zero-order valence-electron chi connectivity index (χ0n) is 20.4. The molecule has 0 spiro atoms. The first kappa shape index (κ1) is 24.2. The van der Waals surface area contributed by atoms with Crippen LogP contribution in [0.5, 0.6) is 0 Å². The Kier molecular flexibility index (Phi) is 6.77. The van der Waals surface area contributed by atoms with Gasteiger partial charge in [0.2, 0.25) is 0 Å². The van der Waals surface area contributed by atoms with Crippen molar-refractivity contribution in [2.75, 3.05) is 0 Å². The minimum Gasteiger partial charge on any atom is -0.147 e. The van der Waals surface area contributed by atoms with Crippen LogP contribution in [0, 0.1) is 0 Å². The monoisotopic (exact) mass is 572 g/mol. The Morgan fingerprint density at radius 3 is 1.51 bits per heavy atom. The molecule has 0 radical (unpaired) electrons. The minimum atomic E-state index is -2.63. The molecule has 2 heteroatoms. The van der Waals surface area contributed by atoms with Crippen LogP contribution < -0.4 is 0 Å². The van der Waals surface area contributed by atoms with E-state index in [-0.39, 0.29) is 12.4 Å². The van der Waals surface area contributed by atoms with Crippen molar-refractivity contribution in [3.05, 3.63) is 173 Å². The van der Waals surface area contributed by atoms with Crippen LogP contribution in [0.4, 0.5) is 0 Å². The summed E-state index contributed by atoms with van der Waals surface area (Å²) in [4.78, 5) is 0. The molecular weight excluding hydrogens is 547 g/mol. The number of rotatable bonds is 4. The Morgan fingerprint density at radius 1 is 0.486 bits per heavy atom. The maximum atomic E-state index is 2.54. The third-order valence-electron chi connectivity index (χ3n) is 7.69. The van der Waals surface area contributed by atoms with E-state index in [9.17, 15) is 0 Å². The summed E-state index contributed by atoms with van der Waals surface area (Å²) in [6.07, 6.45) is 4.91. The predicted octanol–water partition coefficient (Wildman–Crippen LogP) is 8.83. The Bertz CT molecular complexity index is 1550. The molecule has 2 aliphatic carbocycles. The van der Waals surface area contributed by atoms with Crippen molar-refractivity contribution in [2.24, 2.45) is 0 Å². The molecule has 2 aliphatic rings. The number of halogens is 1. The summed E-state index contributed by atoms with van der Waals surface area (Å²) in [6, 6.07) is 49.8. The molecule has 0 aliphatic heterocycles. The van der Waals surface area contributed by atoms with Gasteiger partial charge in [-0.2, -0.15) is 0 Å². The predicted molar refractivity (Wildman–Crippen MR) is 155 cm³/mol. The van der Waals surface area contributed by atoms with Crippen LogP contribution in [0.2, 0.25) is 0 Å². The van der Waals surface area contributed by atoms with Gasteiger partial charge in [0.05, 0.1) is 0 Å². The van der Waals surface area contributed by atoms with Crippen LogP contribution in [-0.4, -0.2) is 3.21 Å². The van der Waals surface area contributed by atoms with Gasteiger partial charge in [-0.15, -0.1) is 12.4 Å². The first-order valence-corrected chi connectivity index (χ1v) is 16.8. The average Bonchev–Trinajstić information content (AvgIpc) is 3.52. The number of allylic oxidation sites excluding steroid dienone is 1. The van der Waals surface area contributed by atoms with Gasteiger partial charge in [0, 0.05) is 0 Å². The normalized spacial score (nSPS) is 14.9. The van der Waals surface area contributed by atoms with Crippen molar-refractivity contribution >= 4 is 21.7 Å². The SMILES string of the molecule is C1=C[CH]([Zr](=[C](c2ccccc2)c2ccccc2)[CH]2c3ccccc3-c3ccccc32)c2ccccc21.Cl. The molecule has 7 rings (SSSR count). The van der Waals surface area contributed by atoms with E-state index in [0.29, 0.717) is 7.25 Å². The molecule has 0 saturated carbocycles. The Hall–Kier alpha value is -3.12. The largest absolute Gasteiger partial charge is 0.147 e. The fraction of sp³-hybridized carbons (Fsp3) is 0.0571. The minimum absolute atomic E-state index is 0. The molecule has 0 bridgehead atoms. The number of benzene rings is 5. The maximum Gasteiger partial charge on any atom is -0.147 e. The van der Waals surface area contributed by atoms with Crippen LogP contribution in [0.3, 0.4) is 0 Å². The van der Waals surface area contributed by atoms with Crippen LogP contribution in [-0.2, 0) is 21.3 Å². The fourth-order valence-corrected chi connectivity index (χ4v) is 16.1. The van der Waals surface area contributed by atoms with Crippen LogP contribution in [0.1, 0.15) is 40.6 Å². The zero-order valence-corrected chi connectivity index (χ0v) is 23.7. The molecule has 37 heavy (non-hydrogen) atoms. The first-order valence-electron chi connectivity index (χ1n) is 12.7. The molecule has 1 atom stereocenters. The summed E-state index contributed by atoms with van der Waals surface area (Å²) in [6.45, 7) is 0. The summed E-state index contributed by atoms with van der Waals surface area (Å²) in [5, 5.41) is 0. The van der Waals surface area contributed by atoms with Crippen molar-refractivity contribution in [3.63, 3.8) is 0 Å². The van der Waals surface area contributed by atoms with Crippen molar-refractivity contribution in [3.8, 4) is 11.1 Å². The Morgan fingerprint density at radius 2 is 0.946 bits per heavy atom. The van der Waals surface area contributed by atoms with Gasteiger partial charge in [0.15, 0.2) is 0 Å². The van der Waals surface area contributed by atoms with E-state index in [1.54, 1.807) is 3.21 Å². The molecule has 0 amide bonds. The van der Waals surface area contributed by atoms with Gasteiger partial charge < -0.3 is 0 Å². The van der Waals surface area contributed by atoms with E-state index in [0.717, 1.165) is 0 Å². The molecule has 0 aromatic heterocycles. The second kappa shape index (κ2) is 10.3. The topological polar surface area (TPSA) is 0 Å². The van der Waals surface area contributed by atoms with Gasteiger partial charge in [-0.3, -0.25) is 0 Å². The molecule has 5 aromatic carbocycles. The molecule has 0 saturated heterocycles. The molecule has 0 heterocycles. The Labute approximate surface area is 232 Å². The second-order valence-corrected chi connectivity index (χ2v) is 16.1. The van der Waals surface area contributed by atoms with Gasteiger partial charge in [-0.25, -0.2) is 0 Å². The third kappa shape index (κ3) is 4.15. The quantitative estimate of drug-likeness (QED) is 0.201. The standard InChI is InChI=1S/C13H9.C13H10.C9H7.ClH.Zr/c1-3-7-12-10(5-1)9-11-6-2-4-8-13(11)12;1-3-7-12(8-4-1)11-13-9-5-2-6-10-13;1-2-5-9-7-3-6-8(9)4-1;;/h1-9H;1-10H;1-7H;1H;. The van der Waals surface area contributed by atoms with E-state index in [1.165, 1.54) is 44.5 Å². The summed E-state index contributed by atoms with van der Waals surface area (Å²) in [7, 11) is 0. The van der Waals surface area contributed by atoms with Crippen molar-refractivity contribution in [1.82, 2.24) is 0 Å². The van der Waals surface area contributed by atoms with Crippen LogP contribution in [0.25, 0.3) is 17.2 Å². The number of hydrogen-bond donors (Lipinski definition) is 0. The van der Waals surface area contributed by atoms with Crippen LogP contribution >= 0.6 is 12.4 Å². The Balaban J connectivity index is 0.00000252. The molecule has 178 valence electrons. The first-order chi connectivity index (χ1) is 17.9. The molecular formula is C35H27ClZr. The van der Waals surface area contributed by atoms with Gasteiger partial charge in [-0.05, 0) is 0 Å². The molecule has 0 N–H and O–H groups in total. The van der Waals surface area contributed by atoms with Crippen LogP contribution in [0.15, 0.2) is 140 Å². The molecule has 0 nitrogen and oxygen atoms in total. The number of fused-ring (bicyclic) bond motifs is 4. The van der Waals surface area contributed by atoms with Gasteiger partial charge in [0.25, 0.3) is 0 Å². The van der Waals surface area contributed by atoms with Gasteiger partial charge >= 0.3 is 222 Å². The molecule has 5 aromatic rings. The van der Waals surface area contributed by atoms with E-state index in [2.05, 4.69) is 146 Å². The van der Waals surface area contributed by atoms with Gasteiger partial charge in [0.1, 0.15) is 0 Å². The summed E-state index contributed by atoms with van der Waals surface area (Å²) >= 11 is -2.63. The van der Waals surface area contributed by atoms with E-state index >= 15 is 0 Å². The molecule has 1 unspecified atom stereocenters. The van der Waals surface area contributed by atoms with Crippen molar-refractivity contribution < 1.29 is 21.3 Å². The zero-order chi connectivity index (χ0) is 23.9. The van der Waals surface area contributed by atoms with Crippen molar-refractivity contribution in [1.29, 1.82) is 0 Å². The van der Waals surface area contributed by atoms with Gasteiger partial charge in [-0.1, -0.05) is 0 Å². The van der Waals surface area contributed by atoms with E-state index < -0.39 is 21.3 Å². The van der Waals surface area contributed by atoms with E-state index in [1.807, 2.05) is 0 Å². The average molecular weight is 574 g/mol. The number of hydrogen-bond acceptors (Lipinski definition) is 0. The summed E-state index contributed by atoms with van der Waals surface area (Å²) < 4.78 is 2.54. The van der Waals surface area contributed by atoms with Crippen molar-refractivity contribution in [2.45, 2.75) is 7.25 Å². The van der Waals surface area contributed by atoms with E-state index in [4.69, 9.17) is 0 Å². The second-order valence-electron chi connectivity index (χ2n) is 9.64. The summed E-state index contributed by atoms with van der Waals surface area (Å²) in [5.74, 6) is 0. The maximum absolute atomic E-state index is 2.63. The third-order valence-corrected chi connectivity index (χ3v) is 16.5. The summed E-state index contributed by atoms with van der Waals surface area (Å²) in [5.41, 5.74) is 11.6. The molecule has 0 fully saturated rings. The smallest absolute Gasteiger partial charge is 0.147 e.